The summed E-state index contributed by atoms with van der Waals surface area (Å²) in [7, 11) is 0. The van der Waals surface area contributed by atoms with Gasteiger partial charge in [-0.25, -0.2) is 0 Å². The minimum absolute atomic E-state index is 0.719. The van der Waals surface area contributed by atoms with Gasteiger partial charge in [-0.05, 0) is 43.5 Å². The maximum Gasteiger partial charge on any atom is 0.101 e. The van der Waals surface area contributed by atoms with Gasteiger partial charge in [0.2, 0.25) is 0 Å². The molecule has 0 radical (unpaired) electrons. The summed E-state index contributed by atoms with van der Waals surface area (Å²) in [5.41, 5.74) is 5.64. The summed E-state index contributed by atoms with van der Waals surface area (Å²) >= 11 is 6.12. The molecule has 0 saturated heterocycles. The fourth-order valence-electron chi connectivity index (χ4n) is 1.95. The van der Waals surface area contributed by atoms with E-state index in [4.69, 9.17) is 16.9 Å². The van der Waals surface area contributed by atoms with Crippen molar-refractivity contribution in [3.8, 4) is 17.3 Å². The number of aromatic amines is 1. The predicted octanol–water partition coefficient (Wildman–Crippen LogP) is 4.13. The maximum absolute atomic E-state index is 9.06. The van der Waals surface area contributed by atoms with Crippen LogP contribution in [0.5, 0.6) is 0 Å². The molecule has 2 aromatic rings. The Morgan fingerprint density at radius 3 is 2.47 bits per heavy atom. The Kier molecular flexibility index (Phi) is 2.95. The van der Waals surface area contributed by atoms with E-state index >= 15 is 0 Å². The first-order chi connectivity index (χ1) is 8.04. The monoisotopic (exact) mass is 244 g/mol. The third-order valence-electron chi connectivity index (χ3n) is 3.01. The first-order valence-electron chi connectivity index (χ1n) is 5.40. The zero-order chi connectivity index (χ0) is 12.6. The van der Waals surface area contributed by atoms with Crippen molar-refractivity contribution in [1.29, 1.82) is 5.26 Å². The molecule has 2 rings (SSSR count). The Bertz CT molecular complexity index is 618. The van der Waals surface area contributed by atoms with Gasteiger partial charge in [0.25, 0.3) is 0 Å². The van der Waals surface area contributed by atoms with Crippen LogP contribution in [0.25, 0.3) is 11.3 Å². The summed E-state index contributed by atoms with van der Waals surface area (Å²) in [5, 5.41) is 9.81. The zero-order valence-electron chi connectivity index (χ0n) is 10.1. The van der Waals surface area contributed by atoms with Gasteiger partial charge in [-0.15, -0.1) is 0 Å². The number of hydrogen-bond acceptors (Lipinski definition) is 1. The smallest absolute Gasteiger partial charge is 0.101 e. The van der Waals surface area contributed by atoms with Gasteiger partial charge in [0.1, 0.15) is 6.07 Å². The molecule has 0 aliphatic rings. The van der Waals surface area contributed by atoms with Gasteiger partial charge >= 0.3 is 0 Å². The quantitative estimate of drug-likeness (QED) is 0.805. The third-order valence-corrected chi connectivity index (χ3v) is 3.42. The minimum Gasteiger partial charge on any atom is -0.357 e. The molecule has 0 amide bonds. The second-order valence-corrected chi connectivity index (χ2v) is 4.61. The molecule has 86 valence electrons. The lowest BCUT2D eigenvalue weighted by molar-refractivity contribution is 1.25. The van der Waals surface area contributed by atoms with Gasteiger partial charge in [-0.1, -0.05) is 23.7 Å². The number of nitriles is 1. The van der Waals surface area contributed by atoms with Crippen LogP contribution in [0.3, 0.4) is 0 Å². The molecule has 3 heteroatoms. The minimum atomic E-state index is 0.719. The number of halogens is 1. The van der Waals surface area contributed by atoms with Crippen molar-refractivity contribution in [2.45, 2.75) is 20.8 Å². The highest BCUT2D eigenvalue weighted by atomic mass is 35.5. The Morgan fingerprint density at radius 1 is 1.24 bits per heavy atom. The molecule has 0 fully saturated rings. The van der Waals surface area contributed by atoms with Gasteiger partial charge in [0.15, 0.2) is 0 Å². The molecule has 2 nitrogen and oxygen atoms in total. The van der Waals surface area contributed by atoms with Crippen LogP contribution in [-0.2, 0) is 0 Å². The Labute approximate surface area is 106 Å². The van der Waals surface area contributed by atoms with E-state index < -0.39 is 0 Å². The first kappa shape index (κ1) is 11.8. The molecule has 0 bridgehead atoms. The molecule has 0 atom stereocenters. The molecule has 0 spiro atoms. The van der Waals surface area contributed by atoms with Crippen LogP contribution >= 0.6 is 11.6 Å². The van der Waals surface area contributed by atoms with Crippen molar-refractivity contribution in [2.75, 3.05) is 0 Å². The van der Waals surface area contributed by atoms with Gasteiger partial charge in [0, 0.05) is 16.4 Å². The van der Waals surface area contributed by atoms with E-state index in [-0.39, 0.29) is 0 Å². The number of H-pyrrole nitrogens is 1. The van der Waals surface area contributed by atoms with Crippen LogP contribution in [0.4, 0.5) is 0 Å². The van der Waals surface area contributed by atoms with Gasteiger partial charge in [-0.3, -0.25) is 0 Å². The molecule has 0 unspecified atom stereocenters. The third kappa shape index (κ3) is 1.94. The molecule has 1 N–H and O–H groups in total. The van der Waals surface area contributed by atoms with Gasteiger partial charge in [-0.2, -0.15) is 5.26 Å². The fraction of sp³-hybridized carbons (Fsp3) is 0.214. The van der Waals surface area contributed by atoms with Crippen molar-refractivity contribution < 1.29 is 0 Å². The molecule has 17 heavy (non-hydrogen) atoms. The van der Waals surface area contributed by atoms with Crippen molar-refractivity contribution in [1.82, 2.24) is 4.98 Å². The summed E-state index contributed by atoms with van der Waals surface area (Å²) in [6.07, 6.45) is 0. The average Bonchev–Trinajstić information content (AvgIpc) is 2.58. The highest BCUT2D eigenvalue weighted by Crippen LogP contribution is 2.29. The van der Waals surface area contributed by atoms with E-state index in [2.05, 4.69) is 11.1 Å². The highest BCUT2D eigenvalue weighted by Gasteiger charge is 2.12. The normalized spacial score (nSPS) is 10.3. The average molecular weight is 245 g/mol. The molecular weight excluding hydrogens is 232 g/mol. The van der Waals surface area contributed by atoms with Gasteiger partial charge in [0.05, 0.1) is 5.56 Å². The lowest BCUT2D eigenvalue weighted by Gasteiger charge is -2.03. The van der Waals surface area contributed by atoms with Crippen LogP contribution in [-0.4, -0.2) is 4.98 Å². The summed E-state index contributed by atoms with van der Waals surface area (Å²) in [6.45, 7) is 5.83. The molecule has 1 aromatic heterocycles. The molecule has 1 aromatic carbocycles. The second kappa shape index (κ2) is 4.27. The SMILES string of the molecule is Cc1ccc(-c2[nH]c(C)c(C#N)c2C)cc1Cl. The number of rotatable bonds is 1. The Morgan fingerprint density at radius 2 is 1.94 bits per heavy atom. The number of benzene rings is 1. The van der Waals surface area contributed by atoms with Crippen molar-refractivity contribution >= 4 is 11.6 Å². The predicted molar refractivity (Wildman–Crippen MR) is 70.2 cm³/mol. The summed E-state index contributed by atoms with van der Waals surface area (Å²) < 4.78 is 0. The molecule has 0 aliphatic heterocycles. The fourth-order valence-corrected chi connectivity index (χ4v) is 2.14. The van der Waals surface area contributed by atoms with E-state index in [9.17, 15) is 0 Å². The van der Waals surface area contributed by atoms with E-state index in [1.54, 1.807) is 0 Å². The summed E-state index contributed by atoms with van der Waals surface area (Å²) in [5.74, 6) is 0. The van der Waals surface area contributed by atoms with Crippen molar-refractivity contribution in [3.05, 3.63) is 45.6 Å². The summed E-state index contributed by atoms with van der Waals surface area (Å²) in [6, 6.07) is 8.14. The number of hydrogen-bond donors (Lipinski definition) is 1. The molecule has 1 heterocycles. The second-order valence-electron chi connectivity index (χ2n) is 4.20. The Hall–Kier alpha value is -1.72. The highest BCUT2D eigenvalue weighted by molar-refractivity contribution is 6.31. The Balaban J connectivity index is 2.62. The standard InChI is InChI=1S/C14H13ClN2/c1-8-4-5-11(6-13(8)15)14-9(2)12(7-16)10(3)17-14/h4-6,17H,1-3H3. The number of aromatic nitrogens is 1. The van der Waals surface area contributed by atoms with Crippen LogP contribution < -0.4 is 0 Å². The molecule has 0 saturated carbocycles. The van der Waals surface area contributed by atoms with E-state index in [0.29, 0.717) is 0 Å². The largest absolute Gasteiger partial charge is 0.357 e. The number of nitrogens with one attached hydrogen (secondary N) is 1. The summed E-state index contributed by atoms with van der Waals surface area (Å²) in [4.78, 5) is 3.25. The number of nitrogens with zero attached hydrogens (tertiary/aromatic N) is 1. The lowest BCUT2D eigenvalue weighted by Crippen LogP contribution is -1.83. The van der Waals surface area contributed by atoms with E-state index in [0.717, 1.165) is 38.7 Å². The van der Waals surface area contributed by atoms with Gasteiger partial charge < -0.3 is 4.98 Å². The maximum atomic E-state index is 9.06. The van der Waals surface area contributed by atoms with Crippen molar-refractivity contribution in [3.63, 3.8) is 0 Å². The van der Waals surface area contributed by atoms with Crippen LogP contribution in [0.15, 0.2) is 18.2 Å². The van der Waals surface area contributed by atoms with Crippen LogP contribution in [0.1, 0.15) is 22.4 Å². The van der Waals surface area contributed by atoms with Crippen LogP contribution in [0.2, 0.25) is 5.02 Å². The molecular formula is C14H13ClN2. The van der Waals surface area contributed by atoms with Crippen molar-refractivity contribution in [2.24, 2.45) is 0 Å². The van der Waals surface area contributed by atoms with E-state index in [1.807, 2.05) is 39.0 Å². The molecule has 0 aliphatic carbocycles. The zero-order valence-corrected chi connectivity index (χ0v) is 10.8. The lowest BCUT2D eigenvalue weighted by atomic mass is 10.0. The van der Waals surface area contributed by atoms with E-state index in [1.165, 1.54) is 0 Å². The number of aryl methyl sites for hydroxylation is 2. The topological polar surface area (TPSA) is 39.6 Å². The first-order valence-corrected chi connectivity index (χ1v) is 5.78. The van der Waals surface area contributed by atoms with Crippen LogP contribution in [0, 0.1) is 32.1 Å².